The number of nitrogens with one attached hydrogen (secondary N) is 1. The van der Waals surface area contributed by atoms with E-state index in [1.165, 1.54) is 24.8 Å². The van der Waals surface area contributed by atoms with Crippen molar-refractivity contribution in [3.8, 4) is 0 Å². The summed E-state index contributed by atoms with van der Waals surface area (Å²) in [5.41, 5.74) is 1.81. The Hall–Kier alpha value is -0.530. The monoisotopic (exact) mass is 265 g/mol. The van der Waals surface area contributed by atoms with E-state index in [0.29, 0.717) is 11.5 Å². The zero-order valence-electron chi connectivity index (χ0n) is 11.7. The molecule has 0 radical (unpaired) electrons. The maximum absolute atomic E-state index is 5.99. The lowest BCUT2D eigenvalue weighted by Crippen LogP contribution is -2.33. The Bertz CT molecular complexity index is 383. The molecule has 1 saturated carbocycles. The van der Waals surface area contributed by atoms with Gasteiger partial charge in [-0.25, -0.2) is 0 Å². The summed E-state index contributed by atoms with van der Waals surface area (Å²) in [6.07, 6.45) is 4.02. The summed E-state index contributed by atoms with van der Waals surface area (Å²) in [7, 11) is 0. The van der Waals surface area contributed by atoms with Crippen LogP contribution in [0, 0.1) is 11.3 Å². The van der Waals surface area contributed by atoms with Crippen LogP contribution in [0.3, 0.4) is 0 Å². The number of hydrogen-bond donors (Lipinski definition) is 1. The molecule has 0 bridgehead atoms. The van der Waals surface area contributed by atoms with Crippen molar-refractivity contribution >= 4 is 11.6 Å². The van der Waals surface area contributed by atoms with Gasteiger partial charge in [0.05, 0.1) is 0 Å². The molecule has 0 heterocycles. The van der Waals surface area contributed by atoms with Crippen molar-refractivity contribution in [2.24, 2.45) is 11.3 Å². The van der Waals surface area contributed by atoms with Gasteiger partial charge in [0.2, 0.25) is 0 Å². The van der Waals surface area contributed by atoms with Gasteiger partial charge < -0.3 is 5.32 Å². The molecule has 1 fully saturated rings. The Morgan fingerprint density at radius 2 is 2.00 bits per heavy atom. The standard InChI is InChI=1S/C16H24ClN/c1-4-18-15(12-7-9-13(17)10-8-12)14-6-5-11-16(14,2)3/h7-10,14-15,18H,4-6,11H2,1-3H3. The van der Waals surface area contributed by atoms with Crippen LogP contribution in [0.25, 0.3) is 0 Å². The average Bonchev–Trinajstić information content (AvgIpc) is 2.67. The molecule has 2 atom stereocenters. The predicted molar refractivity (Wildman–Crippen MR) is 79.0 cm³/mol. The zero-order chi connectivity index (χ0) is 13.2. The lowest BCUT2D eigenvalue weighted by atomic mass is 9.75. The zero-order valence-corrected chi connectivity index (χ0v) is 12.4. The van der Waals surface area contributed by atoms with Gasteiger partial charge in [-0.3, -0.25) is 0 Å². The molecule has 0 spiro atoms. The van der Waals surface area contributed by atoms with Gasteiger partial charge in [-0.05, 0) is 48.4 Å². The van der Waals surface area contributed by atoms with Crippen molar-refractivity contribution in [1.29, 1.82) is 0 Å². The van der Waals surface area contributed by atoms with Gasteiger partial charge in [0.1, 0.15) is 0 Å². The van der Waals surface area contributed by atoms with Gasteiger partial charge in [0.15, 0.2) is 0 Å². The van der Waals surface area contributed by atoms with E-state index < -0.39 is 0 Å². The van der Waals surface area contributed by atoms with Crippen LogP contribution in [0.4, 0.5) is 0 Å². The largest absolute Gasteiger partial charge is 0.310 e. The molecule has 1 nitrogen and oxygen atoms in total. The van der Waals surface area contributed by atoms with E-state index in [2.05, 4.69) is 38.2 Å². The van der Waals surface area contributed by atoms with Crippen LogP contribution < -0.4 is 5.32 Å². The second-order valence-corrected chi connectivity index (χ2v) is 6.51. The summed E-state index contributed by atoms with van der Waals surface area (Å²) >= 11 is 5.99. The van der Waals surface area contributed by atoms with Crippen molar-refractivity contribution in [3.63, 3.8) is 0 Å². The van der Waals surface area contributed by atoms with Crippen LogP contribution in [0.1, 0.15) is 51.6 Å². The predicted octanol–water partition coefficient (Wildman–Crippen LogP) is 4.82. The molecule has 0 aliphatic heterocycles. The van der Waals surface area contributed by atoms with Crippen LogP contribution in [0.2, 0.25) is 5.02 Å². The first kappa shape index (κ1) is 13.9. The Kier molecular flexibility index (Phi) is 4.34. The van der Waals surface area contributed by atoms with Crippen molar-refractivity contribution < 1.29 is 0 Å². The Labute approximate surface area is 116 Å². The molecule has 100 valence electrons. The second-order valence-electron chi connectivity index (χ2n) is 6.07. The summed E-state index contributed by atoms with van der Waals surface area (Å²) in [6.45, 7) is 8.01. The van der Waals surface area contributed by atoms with Gasteiger partial charge in [0.25, 0.3) is 0 Å². The van der Waals surface area contributed by atoms with Crippen molar-refractivity contribution in [3.05, 3.63) is 34.9 Å². The fourth-order valence-electron chi connectivity index (χ4n) is 3.35. The van der Waals surface area contributed by atoms with Gasteiger partial charge in [0, 0.05) is 11.1 Å². The quantitative estimate of drug-likeness (QED) is 0.823. The highest BCUT2D eigenvalue weighted by molar-refractivity contribution is 6.30. The summed E-state index contributed by atoms with van der Waals surface area (Å²) in [5.74, 6) is 0.721. The fraction of sp³-hybridized carbons (Fsp3) is 0.625. The van der Waals surface area contributed by atoms with E-state index in [4.69, 9.17) is 11.6 Å². The van der Waals surface area contributed by atoms with Crippen LogP contribution in [0.5, 0.6) is 0 Å². The van der Waals surface area contributed by atoms with Crippen LogP contribution >= 0.6 is 11.6 Å². The van der Waals surface area contributed by atoms with E-state index in [9.17, 15) is 0 Å². The van der Waals surface area contributed by atoms with Gasteiger partial charge >= 0.3 is 0 Å². The Morgan fingerprint density at radius 3 is 2.50 bits per heavy atom. The van der Waals surface area contributed by atoms with Crippen molar-refractivity contribution in [2.45, 2.75) is 46.1 Å². The molecular weight excluding hydrogens is 242 g/mol. The van der Waals surface area contributed by atoms with Gasteiger partial charge in [-0.1, -0.05) is 50.9 Å². The van der Waals surface area contributed by atoms with Crippen molar-refractivity contribution in [1.82, 2.24) is 5.32 Å². The molecule has 2 heteroatoms. The first-order valence-electron chi connectivity index (χ1n) is 7.03. The topological polar surface area (TPSA) is 12.0 Å². The normalized spacial score (nSPS) is 24.1. The SMILES string of the molecule is CCNC(c1ccc(Cl)cc1)C1CCCC1(C)C. The number of hydrogen-bond acceptors (Lipinski definition) is 1. The minimum absolute atomic E-state index is 0.437. The summed E-state index contributed by atoms with van der Waals surface area (Å²) in [6, 6.07) is 8.81. The van der Waals surface area contributed by atoms with E-state index >= 15 is 0 Å². The molecule has 0 saturated heterocycles. The van der Waals surface area contributed by atoms with E-state index in [-0.39, 0.29) is 0 Å². The molecule has 0 aromatic heterocycles. The minimum Gasteiger partial charge on any atom is -0.310 e. The number of rotatable bonds is 4. The highest BCUT2D eigenvalue weighted by atomic mass is 35.5. The maximum Gasteiger partial charge on any atom is 0.0406 e. The summed E-state index contributed by atoms with van der Waals surface area (Å²) in [5, 5.41) is 4.49. The molecule has 2 unspecified atom stereocenters. The van der Waals surface area contributed by atoms with Crippen LogP contribution in [-0.2, 0) is 0 Å². The molecule has 1 aromatic rings. The van der Waals surface area contributed by atoms with Gasteiger partial charge in [-0.2, -0.15) is 0 Å². The molecule has 2 rings (SSSR count). The van der Waals surface area contributed by atoms with Crippen LogP contribution in [-0.4, -0.2) is 6.54 Å². The third-order valence-corrected chi connectivity index (χ3v) is 4.65. The lowest BCUT2D eigenvalue weighted by Gasteiger charge is -2.35. The summed E-state index contributed by atoms with van der Waals surface area (Å²) < 4.78 is 0. The number of halogens is 1. The van der Waals surface area contributed by atoms with Gasteiger partial charge in [-0.15, -0.1) is 0 Å². The maximum atomic E-state index is 5.99. The molecule has 1 aromatic carbocycles. The molecular formula is C16H24ClN. The third-order valence-electron chi connectivity index (χ3n) is 4.40. The second kappa shape index (κ2) is 5.63. The average molecular weight is 266 g/mol. The fourth-order valence-corrected chi connectivity index (χ4v) is 3.48. The lowest BCUT2D eigenvalue weighted by molar-refractivity contribution is 0.199. The highest BCUT2D eigenvalue weighted by Crippen LogP contribution is 2.48. The van der Waals surface area contributed by atoms with E-state index in [1.54, 1.807) is 0 Å². The Morgan fingerprint density at radius 1 is 1.33 bits per heavy atom. The summed E-state index contributed by atoms with van der Waals surface area (Å²) in [4.78, 5) is 0. The van der Waals surface area contributed by atoms with E-state index in [1.807, 2.05) is 12.1 Å². The molecule has 1 aliphatic rings. The third kappa shape index (κ3) is 2.89. The first-order chi connectivity index (χ1) is 8.54. The smallest absolute Gasteiger partial charge is 0.0406 e. The molecule has 1 aliphatic carbocycles. The van der Waals surface area contributed by atoms with E-state index in [0.717, 1.165) is 17.5 Å². The van der Waals surface area contributed by atoms with Crippen LogP contribution in [0.15, 0.2) is 24.3 Å². The molecule has 0 amide bonds. The Balaban J connectivity index is 2.25. The first-order valence-corrected chi connectivity index (χ1v) is 7.41. The highest BCUT2D eigenvalue weighted by Gasteiger charge is 2.39. The minimum atomic E-state index is 0.437. The van der Waals surface area contributed by atoms with Crippen molar-refractivity contribution in [2.75, 3.05) is 6.54 Å². The number of benzene rings is 1. The molecule has 1 N–H and O–H groups in total. The molecule has 18 heavy (non-hydrogen) atoms.